The Hall–Kier alpha value is -0.870. The first-order valence-corrected chi connectivity index (χ1v) is 7.23. The largest absolute Gasteiger partial charge is 0.313 e. The molecule has 1 saturated heterocycles. The van der Waals surface area contributed by atoms with E-state index in [-0.39, 0.29) is 0 Å². The van der Waals surface area contributed by atoms with Gasteiger partial charge in [-0.3, -0.25) is 9.58 Å². The summed E-state index contributed by atoms with van der Waals surface area (Å²) in [4.78, 5) is 2.62. The molecule has 2 aliphatic rings. The molecule has 0 amide bonds. The van der Waals surface area contributed by atoms with Crippen LogP contribution in [-0.4, -0.2) is 40.4 Å². The van der Waals surface area contributed by atoms with Crippen molar-refractivity contribution in [2.45, 2.75) is 38.3 Å². The highest BCUT2D eigenvalue weighted by atomic mass is 15.2. The van der Waals surface area contributed by atoms with Crippen LogP contribution in [0.2, 0.25) is 0 Å². The second-order valence-electron chi connectivity index (χ2n) is 5.95. The first-order chi connectivity index (χ1) is 8.79. The lowest BCUT2D eigenvalue weighted by atomic mass is 10.2. The van der Waals surface area contributed by atoms with Crippen LogP contribution in [0.15, 0.2) is 12.4 Å². The molecule has 1 atom stereocenters. The molecule has 1 N–H and O–H groups in total. The molecule has 0 aromatic carbocycles. The van der Waals surface area contributed by atoms with Gasteiger partial charge in [-0.05, 0) is 38.1 Å². The highest BCUT2D eigenvalue weighted by Gasteiger charge is 2.26. The highest BCUT2D eigenvalue weighted by molar-refractivity contribution is 5.03. The maximum absolute atomic E-state index is 4.27. The van der Waals surface area contributed by atoms with E-state index in [1.165, 1.54) is 50.9 Å². The zero-order valence-corrected chi connectivity index (χ0v) is 11.3. The molecule has 2 heterocycles. The predicted octanol–water partition coefficient (Wildman–Crippen LogP) is 1.38. The summed E-state index contributed by atoms with van der Waals surface area (Å²) in [5, 5.41) is 7.88. The Balaban J connectivity index is 1.57. The summed E-state index contributed by atoms with van der Waals surface area (Å²) < 4.78 is 1.90. The van der Waals surface area contributed by atoms with Crippen molar-refractivity contribution in [1.29, 1.82) is 0 Å². The van der Waals surface area contributed by atoms with Crippen LogP contribution >= 0.6 is 0 Å². The number of hydrogen-bond donors (Lipinski definition) is 1. The number of hydrogen-bond acceptors (Lipinski definition) is 3. The summed E-state index contributed by atoms with van der Waals surface area (Å²) >= 11 is 0. The van der Waals surface area contributed by atoms with Gasteiger partial charge in [0.15, 0.2) is 0 Å². The molecule has 1 saturated carbocycles. The van der Waals surface area contributed by atoms with Crippen LogP contribution in [0, 0.1) is 5.92 Å². The lowest BCUT2D eigenvalue weighted by Gasteiger charge is -2.25. The molecule has 4 heteroatoms. The molecular formula is C14H24N4. The molecule has 0 radical (unpaired) electrons. The maximum Gasteiger partial charge on any atom is 0.0534 e. The molecule has 3 rings (SSSR count). The van der Waals surface area contributed by atoms with Gasteiger partial charge >= 0.3 is 0 Å². The van der Waals surface area contributed by atoms with Gasteiger partial charge in [-0.15, -0.1) is 0 Å². The van der Waals surface area contributed by atoms with Crippen molar-refractivity contribution in [3.63, 3.8) is 0 Å². The van der Waals surface area contributed by atoms with Gasteiger partial charge in [0.05, 0.1) is 6.20 Å². The fourth-order valence-electron chi connectivity index (χ4n) is 2.91. The Morgan fingerprint density at radius 3 is 2.89 bits per heavy atom. The maximum atomic E-state index is 4.27. The van der Waals surface area contributed by atoms with Crippen LogP contribution in [0.5, 0.6) is 0 Å². The third-order valence-electron chi connectivity index (χ3n) is 4.02. The summed E-state index contributed by atoms with van der Waals surface area (Å²) in [6, 6.07) is 0.709. The molecule has 1 aliphatic heterocycles. The molecule has 0 spiro atoms. The van der Waals surface area contributed by atoms with E-state index in [1.54, 1.807) is 0 Å². The van der Waals surface area contributed by atoms with Crippen molar-refractivity contribution in [2.75, 3.05) is 19.6 Å². The van der Waals surface area contributed by atoms with Gasteiger partial charge in [0.25, 0.3) is 0 Å². The lowest BCUT2D eigenvalue weighted by Crippen LogP contribution is -2.38. The normalized spacial score (nSPS) is 24.0. The number of aryl methyl sites for hydroxylation is 1. The summed E-state index contributed by atoms with van der Waals surface area (Å²) in [5.74, 6) is 0.961. The Labute approximate surface area is 109 Å². The quantitative estimate of drug-likeness (QED) is 0.826. The van der Waals surface area contributed by atoms with Gasteiger partial charge in [-0.2, -0.15) is 5.10 Å². The standard InChI is InChI=1S/C14H24N4/c1-17-8-13(7-16-17)10-18(9-12-4-5-12)11-14-3-2-6-15-14/h7-8,12,14-15H,2-6,9-11H2,1H3. The Kier molecular flexibility index (Phi) is 3.66. The Morgan fingerprint density at radius 2 is 2.28 bits per heavy atom. The van der Waals surface area contributed by atoms with Crippen molar-refractivity contribution in [1.82, 2.24) is 20.0 Å². The van der Waals surface area contributed by atoms with E-state index in [0.29, 0.717) is 6.04 Å². The van der Waals surface area contributed by atoms with Gasteiger partial charge < -0.3 is 5.32 Å². The van der Waals surface area contributed by atoms with Crippen molar-refractivity contribution in [3.8, 4) is 0 Å². The van der Waals surface area contributed by atoms with E-state index in [0.717, 1.165) is 12.5 Å². The van der Waals surface area contributed by atoms with Crippen LogP contribution in [0.1, 0.15) is 31.2 Å². The average Bonchev–Trinajstić information content (AvgIpc) is 2.84. The van der Waals surface area contributed by atoms with Gasteiger partial charge in [-0.25, -0.2) is 0 Å². The summed E-state index contributed by atoms with van der Waals surface area (Å²) in [6.07, 6.45) is 9.69. The minimum absolute atomic E-state index is 0.709. The monoisotopic (exact) mass is 248 g/mol. The van der Waals surface area contributed by atoms with Gasteiger partial charge in [0.1, 0.15) is 0 Å². The van der Waals surface area contributed by atoms with Crippen LogP contribution < -0.4 is 5.32 Å². The smallest absolute Gasteiger partial charge is 0.0534 e. The fraction of sp³-hybridized carbons (Fsp3) is 0.786. The minimum atomic E-state index is 0.709. The second-order valence-corrected chi connectivity index (χ2v) is 5.95. The third kappa shape index (κ3) is 3.33. The zero-order valence-electron chi connectivity index (χ0n) is 11.3. The average molecular weight is 248 g/mol. The lowest BCUT2D eigenvalue weighted by molar-refractivity contribution is 0.232. The van der Waals surface area contributed by atoms with E-state index < -0.39 is 0 Å². The first kappa shape index (κ1) is 12.2. The fourth-order valence-corrected chi connectivity index (χ4v) is 2.91. The molecule has 4 nitrogen and oxygen atoms in total. The van der Waals surface area contributed by atoms with E-state index >= 15 is 0 Å². The first-order valence-electron chi connectivity index (χ1n) is 7.23. The third-order valence-corrected chi connectivity index (χ3v) is 4.02. The summed E-state index contributed by atoms with van der Waals surface area (Å²) in [7, 11) is 1.99. The van der Waals surface area contributed by atoms with Gasteiger partial charge in [0.2, 0.25) is 0 Å². The molecule has 1 unspecified atom stereocenters. The topological polar surface area (TPSA) is 33.1 Å². The highest BCUT2D eigenvalue weighted by Crippen LogP contribution is 2.30. The molecule has 18 heavy (non-hydrogen) atoms. The summed E-state index contributed by atoms with van der Waals surface area (Å²) in [5.41, 5.74) is 1.34. The van der Waals surface area contributed by atoms with E-state index in [2.05, 4.69) is 21.5 Å². The minimum Gasteiger partial charge on any atom is -0.313 e. The number of aromatic nitrogens is 2. The van der Waals surface area contributed by atoms with Crippen LogP contribution in [0.25, 0.3) is 0 Å². The molecular weight excluding hydrogens is 224 g/mol. The Morgan fingerprint density at radius 1 is 1.39 bits per heavy atom. The molecule has 1 aromatic heterocycles. The van der Waals surface area contributed by atoms with Gasteiger partial charge in [-0.1, -0.05) is 0 Å². The SMILES string of the molecule is Cn1cc(CN(CC2CC2)CC2CCCN2)cn1. The van der Waals surface area contributed by atoms with Gasteiger partial charge in [0, 0.05) is 44.5 Å². The zero-order chi connectivity index (χ0) is 12.4. The molecule has 1 aliphatic carbocycles. The van der Waals surface area contributed by atoms with E-state index in [1.807, 2.05) is 17.9 Å². The van der Waals surface area contributed by atoms with E-state index in [9.17, 15) is 0 Å². The van der Waals surface area contributed by atoms with Crippen LogP contribution in [-0.2, 0) is 13.6 Å². The van der Waals surface area contributed by atoms with Crippen molar-refractivity contribution >= 4 is 0 Å². The second kappa shape index (κ2) is 5.41. The number of nitrogens with one attached hydrogen (secondary N) is 1. The predicted molar refractivity (Wildman–Crippen MR) is 72.2 cm³/mol. The molecule has 1 aromatic rings. The van der Waals surface area contributed by atoms with Crippen molar-refractivity contribution in [3.05, 3.63) is 18.0 Å². The number of rotatable bonds is 6. The number of nitrogens with zero attached hydrogens (tertiary/aromatic N) is 3. The van der Waals surface area contributed by atoms with E-state index in [4.69, 9.17) is 0 Å². The van der Waals surface area contributed by atoms with Crippen molar-refractivity contribution < 1.29 is 0 Å². The molecule has 100 valence electrons. The molecule has 2 fully saturated rings. The molecule has 0 bridgehead atoms. The van der Waals surface area contributed by atoms with Crippen LogP contribution in [0.4, 0.5) is 0 Å². The summed E-state index contributed by atoms with van der Waals surface area (Å²) in [6.45, 7) is 4.73. The van der Waals surface area contributed by atoms with Crippen molar-refractivity contribution in [2.24, 2.45) is 13.0 Å². The van der Waals surface area contributed by atoms with Crippen LogP contribution in [0.3, 0.4) is 0 Å². The Bertz CT molecular complexity index is 377.